The summed E-state index contributed by atoms with van der Waals surface area (Å²) in [6.45, 7) is 6.50. The van der Waals surface area contributed by atoms with Crippen LogP contribution in [0.1, 0.15) is 40.0 Å². The van der Waals surface area contributed by atoms with Crippen LogP contribution >= 0.6 is 23.2 Å². The molecule has 2 N–H and O–H groups in total. The number of rotatable bonds is 3. The average molecular weight is 360 g/mol. The van der Waals surface area contributed by atoms with Gasteiger partial charge in [-0.2, -0.15) is 0 Å². The maximum Gasteiger partial charge on any atom is 0.412 e. The highest BCUT2D eigenvalue weighted by Gasteiger charge is 2.32. The summed E-state index contributed by atoms with van der Waals surface area (Å²) in [6, 6.07) is 2.84. The summed E-state index contributed by atoms with van der Waals surface area (Å²) in [5.41, 5.74) is 0.149. The Kier molecular flexibility index (Phi) is 6.04. The summed E-state index contributed by atoms with van der Waals surface area (Å²) >= 11 is 11.7. The number of carbonyl (C=O) groups is 1. The molecule has 3 atom stereocenters. The molecule has 23 heavy (non-hydrogen) atoms. The highest BCUT2D eigenvalue weighted by molar-refractivity contribution is 6.36. The second kappa shape index (κ2) is 7.63. The Hall–Kier alpha value is -1.13. The van der Waals surface area contributed by atoms with Gasteiger partial charge in [-0.25, -0.2) is 4.79 Å². The number of hydrogen-bond acceptors (Lipinski definition) is 3. The Bertz CT molecular complexity index is 577. The molecule has 0 radical (unpaired) electrons. The van der Waals surface area contributed by atoms with Crippen molar-refractivity contribution < 1.29 is 14.6 Å². The zero-order chi connectivity index (χ0) is 17.1. The summed E-state index contributed by atoms with van der Waals surface area (Å²) in [6.07, 6.45) is 2.38. The van der Waals surface area contributed by atoms with Gasteiger partial charge in [0.05, 0.1) is 10.7 Å². The summed E-state index contributed by atoms with van der Waals surface area (Å²) in [4.78, 5) is 12.1. The normalized spacial score (nSPS) is 24.5. The zero-order valence-electron chi connectivity index (χ0n) is 13.6. The third-order valence-electron chi connectivity index (χ3n) is 4.63. The molecule has 1 amide bonds. The van der Waals surface area contributed by atoms with Crippen LogP contribution in [0.15, 0.2) is 12.1 Å². The molecule has 1 fully saturated rings. The molecular formula is C17H23Cl2NO3. The van der Waals surface area contributed by atoms with Gasteiger partial charge < -0.3 is 9.84 Å². The zero-order valence-corrected chi connectivity index (χ0v) is 15.1. The number of hydrogen-bond donors (Lipinski definition) is 2. The lowest BCUT2D eigenvalue weighted by Crippen LogP contribution is -2.35. The SMILES string of the molecule is CC(C)[C@@H]1CC[C@@H](C)C(OC(=O)Nc2cc(Cl)cc(Cl)c2O)C1. The van der Waals surface area contributed by atoms with E-state index in [1.807, 2.05) is 0 Å². The largest absolute Gasteiger partial charge is 0.504 e. The second-order valence-corrected chi connectivity index (χ2v) is 7.49. The Labute approximate surface area is 147 Å². The number of phenolic OH excluding ortho intramolecular Hbond substituents is 1. The first-order chi connectivity index (χ1) is 10.8. The smallest absolute Gasteiger partial charge is 0.412 e. The Morgan fingerprint density at radius 3 is 2.70 bits per heavy atom. The maximum atomic E-state index is 12.1. The fraction of sp³-hybridized carbons (Fsp3) is 0.588. The van der Waals surface area contributed by atoms with Crippen LogP contribution in [0.5, 0.6) is 5.75 Å². The number of ether oxygens (including phenoxy) is 1. The third-order valence-corrected chi connectivity index (χ3v) is 5.13. The minimum absolute atomic E-state index is 0.0821. The molecular weight excluding hydrogens is 337 g/mol. The van der Waals surface area contributed by atoms with Gasteiger partial charge in [0.25, 0.3) is 0 Å². The predicted molar refractivity (Wildman–Crippen MR) is 93.4 cm³/mol. The standard InChI is InChI=1S/C17H23Cl2NO3/c1-9(2)11-5-4-10(3)15(6-11)23-17(22)20-14-8-12(18)7-13(19)16(14)21/h7-11,15,21H,4-6H2,1-3H3,(H,20,22)/t10-,11-,15?/m1/s1. The molecule has 6 heteroatoms. The minimum atomic E-state index is -0.597. The number of anilines is 1. The highest BCUT2D eigenvalue weighted by atomic mass is 35.5. The van der Waals surface area contributed by atoms with Crippen LogP contribution in [0, 0.1) is 17.8 Å². The lowest BCUT2D eigenvalue weighted by Gasteiger charge is -2.35. The molecule has 1 saturated carbocycles. The van der Waals surface area contributed by atoms with E-state index in [0.29, 0.717) is 22.8 Å². The van der Waals surface area contributed by atoms with E-state index < -0.39 is 6.09 Å². The van der Waals surface area contributed by atoms with Crippen molar-refractivity contribution in [2.75, 3.05) is 5.32 Å². The summed E-state index contributed by atoms with van der Waals surface area (Å²) in [5.74, 6) is 1.25. The van der Waals surface area contributed by atoms with Gasteiger partial charge in [-0.15, -0.1) is 0 Å². The molecule has 1 aliphatic rings. The fourth-order valence-corrected chi connectivity index (χ4v) is 3.51. The molecule has 0 spiro atoms. The molecule has 4 nitrogen and oxygen atoms in total. The van der Waals surface area contributed by atoms with Crippen molar-refractivity contribution in [1.29, 1.82) is 0 Å². The molecule has 128 valence electrons. The predicted octanol–water partition coefficient (Wildman–Crippen LogP) is 5.71. The number of amides is 1. The third kappa shape index (κ3) is 4.67. The lowest BCUT2D eigenvalue weighted by molar-refractivity contribution is 0.0246. The van der Waals surface area contributed by atoms with Crippen molar-refractivity contribution in [2.45, 2.75) is 46.1 Å². The van der Waals surface area contributed by atoms with Crippen LogP contribution in [0.3, 0.4) is 0 Å². The number of nitrogens with one attached hydrogen (secondary N) is 1. The van der Waals surface area contributed by atoms with Crippen molar-refractivity contribution >= 4 is 35.0 Å². The minimum Gasteiger partial charge on any atom is -0.504 e. The van der Waals surface area contributed by atoms with Gasteiger partial charge in [0.1, 0.15) is 6.10 Å². The number of benzene rings is 1. The first-order valence-corrected chi connectivity index (χ1v) is 8.69. The van der Waals surface area contributed by atoms with E-state index in [9.17, 15) is 9.90 Å². The molecule has 0 aromatic heterocycles. The molecule has 1 aromatic carbocycles. The molecule has 0 aliphatic heterocycles. The van der Waals surface area contributed by atoms with Crippen molar-refractivity contribution in [3.63, 3.8) is 0 Å². The lowest BCUT2D eigenvalue weighted by atomic mass is 9.76. The highest BCUT2D eigenvalue weighted by Crippen LogP contribution is 2.37. The summed E-state index contributed by atoms with van der Waals surface area (Å²) < 4.78 is 5.58. The van der Waals surface area contributed by atoms with Crippen LogP contribution in [-0.2, 0) is 4.74 Å². The number of phenols is 1. The monoisotopic (exact) mass is 359 g/mol. The van der Waals surface area contributed by atoms with Crippen LogP contribution < -0.4 is 5.32 Å². The van der Waals surface area contributed by atoms with Crippen molar-refractivity contribution in [3.8, 4) is 5.75 Å². The topological polar surface area (TPSA) is 58.6 Å². The quantitative estimate of drug-likeness (QED) is 0.679. The first-order valence-electron chi connectivity index (χ1n) is 7.93. The van der Waals surface area contributed by atoms with Gasteiger partial charge >= 0.3 is 6.09 Å². The van der Waals surface area contributed by atoms with Crippen molar-refractivity contribution in [2.24, 2.45) is 17.8 Å². The van der Waals surface area contributed by atoms with E-state index in [1.165, 1.54) is 18.6 Å². The van der Waals surface area contributed by atoms with E-state index >= 15 is 0 Å². The Balaban J connectivity index is 2.01. The van der Waals surface area contributed by atoms with E-state index in [2.05, 4.69) is 26.1 Å². The first kappa shape index (κ1) is 18.2. The molecule has 0 heterocycles. The number of halogens is 2. The second-order valence-electron chi connectivity index (χ2n) is 6.65. The van der Waals surface area contributed by atoms with Gasteiger partial charge in [0, 0.05) is 5.02 Å². The summed E-state index contributed by atoms with van der Waals surface area (Å²) in [7, 11) is 0. The molecule has 0 saturated heterocycles. The van der Waals surface area contributed by atoms with Crippen LogP contribution in [0.2, 0.25) is 10.0 Å². The average Bonchev–Trinajstić information content (AvgIpc) is 2.46. The van der Waals surface area contributed by atoms with E-state index in [-0.39, 0.29) is 22.6 Å². The number of carbonyl (C=O) groups excluding carboxylic acids is 1. The molecule has 1 aromatic rings. The van der Waals surface area contributed by atoms with Gasteiger partial charge in [0.2, 0.25) is 0 Å². The van der Waals surface area contributed by atoms with E-state index in [1.54, 1.807) is 0 Å². The van der Waals surface area contributed by atoms with E-state index in [0.717, 1.165) is 12.8 Å². The molecule has 1 unspecified atom stereocenters. The van der Waals surface area contributed by atoms with Gasteiger partial charge in [-0.05, 0) is 49.1 Å². The maximum absolute atomic E-state index is 12.1. The van der Waals surface area contributed by atoms with Gasteiger partial charge in [-0.1, -0.05) is 44.0 Å². The van der Waals surface area contributed by atoms with Gasteiger partial charge in [-0.3, -0.25) is 5.32 Å². The molecule has 0 bridgehead atoms. The van der Waals surface area contributed by atoms with Crippen molar-refractivity contribution in [1.82, 2.24) is 0 Å². The van der Waals surface area contributed by atoms with Crippen LogP contribution in [-0.4, -0.2) is 17.3 Å². The van der Waals surface area contributed by atoms with Crippen LogP contribution in [0.25, 0.3) is 0 Å². The van der Waals surface area contributed by atoms with Crippen LogP contribution in [0.4, 0.5) is 10.5 Å². The molecule has 2 rings (SSSR count). The Morgan fingerprint density at radius 2 is 2.04 bits per heavy atom. The number of aromatic hydroxyl groups is 1. The van der Waals surface area contributed by atoms with Gasteiger partial charge in [0.15, 0.2) is 5.75 Å². The Morgan fingerprint density at radius 1 is 1.35 bits per heavy atom. The van der Waals surface area contributed by atoms with Crippen molar-refractivity contribution in [3.05, 3.63) is 22.2 Å². The molecule has 1 aliphatic carbocycles. The summed E-state index contributed by atoms with van der Waals surface area (Å²) in [5, 5.41) is 12.8. The van der Waals surface area contributed by atoms with E-state index in [4.69, 9.17) is 27.9 Å². The fourth-order valence-electron chi connectivity index (χ4n) is 3.02.